The number of aromatic nitrogens is 2. The summed E-state index contributed by atoms with van der Waals surface area (Å²) in [4.78, 5) is 44.5. The van der Waals surface area contributed by atoms with Crippen LogP contribution in [0.2, 0.25) is 0 Å². The van der Waals surface area contributed by atoms with Gasteiger partial charge in [-0.05, 0) is 29.8 Å². The molecule has 31 heavy (non-hydrogen) atoms. The molecule has 0 aliphatic carbocycles. The Morgan fingerprint density at radius 1 is 0.968 bits per heavy atom. The van der Waals surface area contributed by atoms with Crippen LogP contribution in [0, 0.1) is 5.82 Å². The first-order chi connectivity index (χ1) is 15.0. The molecule has 0 saturated heterocycles. The average Bonchev–Trinajstić information content (AvgIpc) is 3.30. The molecule has 0 radical (unpaired) electrons. The maximum absolute atomic E-state index is 13.3. The molecule has 0 fully saturated rings. The van der Waals surface area contributed by atoms with Crippen LogP contribution in [0.1, 0.15) is 20.7 Å². The van der Waals surface area contributed by atoms with E-state index in [-0.39, 0.29) is 29.1 Å². The van der Waals surface area contributed by atoms with Crippen LogP contribution in [0.25, 0.3) is 21.3 Å². The van der Waals surface area contributed by atoms with Gasteiger partial charge in [-0.3, -0.25) is 23.9 Å². The summed E-state index contributed by atoms with van der Waals surface area (Å²) >= 11 is 2.47. The van der Waals surface area contributed by atoms with Gasteiger partial charge in [0.05, 0.1) is 22.4 Å². The summed E-state index contributed by atoms with van der Waals surface area (Å²) < 4.78 is 14.7. The highest BCUT2D eigenvalue weighted by molar-refractivity contribution is 7.99. The number of amides is 2. The predicted molar refractivity (Wildman–Crippen MR) is 118 cm³/mol. The second-order valence-electron chi connectivity index (χ2n) is 6.95. The number of thioether (sulfide) groups is 1. The van der Waals surface area contributed by atoms with Gasteiger partial charge in [-0.15, -0.1) is 11.3 Å². The summed E-state index contributed by atoms with van der Waals surface area (Å²) in [6.07, 6.45) is 0. The van der Waals surface area contributed by atoms with E-state index in [0.29, 0.717) is 32.1 Å². The fourth-order valence-corrected chi connectivity index (χ4v) is 5.41. The van der Waals surface area contributed by atoms with Crippen molar-refractivity contribution in [3.05, 3.63) is 81.2 Å². The number of hydrogen-bond acceptors (Lipinski definition) is 6. The lowest BCUT2D eigenvalue weighted by atomic mass is 10.1. The monoisotopic (exact) mass is 451 g/mol. The molecular weight excluding hydrogens is 437 g/mol. The Labute approximate surface area is 184 Å². The fraction of sp³-hybridized carbons (Fsp3) is 0.0909. The van der Waals surface area contributed by atoms with E-state index >= 15 is 0 Å². The second kappa shape index (κ2) is 7.44. The minimum Gasteiger partial charge on any atom is -0.290 e. The third-order valence-corrected chi connectivity index (χ3v) is 7.01. The number of rotatable bonds is 4. The lowest BCUT2D eigenvalue weighted by molar-refractivity contribution is 0.0684. The molecule has 3 heterocycles. The number of halogens is 1. The van der Waals surface area contributed by atoms with Crippen LogP contribution < -0.4 is 5.56 Å². The molecule has 1 aliphatic heterocycles. The molecule has 9 heteroatoms. The van der Waals surface area contributed by atoms with Crippen LogP contribution in [-0.2, 0) is 7.05 Å². The predicted octanol–water partition coefficient (Wildman–Crippen LogP) is 4.15. The third-order valence-electron chi connectivity index (χ3n) is 5.13. The van der Waals surface area contributed by atoms with Crippen molar-refractivity contribution in [2.75, 3.05) is 5.88 Å². The first kappa shape index (κ1) is 19.7. The smallest absolute Gasteiger partial charge is 0.263 e. The van der Waals surface area contributed by atoms with Gasteiger partial charge in [0.25, 0.3) is 17.4 Å². The summed E-state index contributed by atoms with van der Waals surface area (Å²) in [7, 11) is 1.60. The molecule has 0 atom stereocenters. The zero-order chi connectivity index (χ0) is 21.7. The molecule has 0 N–H and O–H groups in total. The van der Waals surface area contributed by atoms with Crippen LogP contribution in [0.3, 0.4) is 0 Å². The summed E-state index contributed by atoms with van der Waals surface area (Å²) in [6, 6.07) is 12.6. The number of thiophene rings is 1. The van der Waals surface area contributed by atoms with Gasteiger partial charge in [0, 0.05) is 18.0 Å². The van der Waals surface area contributed by atoms with Gasteiger partial charge in [-0.25, -0.2) is 9.37 Å². The van der Waals surface area contributed by atoms with Crippen molar-refractivity contribution in [2.45, 2.75) is 5.16 Å². The van der Waals surface area contributed by atoms with Crippen molar-refractivity contribution >= 4 is 45.1 Å². The Balaban J connectivity index is 1.46. The van der Waals surface area contributed by atoms with Crippen LogP contribution in [-0.4, -0.2) is 32.1 Å². The highest BCUT2D eigenvalue weighted by atomic mass is 32.2. The maximum atomic E-state index is 13.3. The number of carbonyl (C=O) groups excluding carboxylic acids is 2. The number of hydrogen-bond donors (Lipinski definition) is 0. The number of fused-ring (bicyclic) bond motifs is 2. The van der Waals surface area contributed by atoms with Crippen molar-refractivity contribution < 1.29 is 14.0 Å². The Morgan fingerprint density at radius 3 is 2.26 bits per heavy atom. The zero-order valence-corrected chi connectivity index (χ0v) is 17.8. The van der Waals surface area contributed by atoms with Crippen molar-refractivity contribution in [1.29, 1.82) is 0 Å². The molecule has 6 nitrogen and oxygen atoms in total. The highest BCUT2D eigenvalue weighted by Gasteiger charge is 2.35. The van der Waals surface area contributed by atoms with Gasteiger partial charge in [-0.2, -0.15) is 0 Å². The molecule has 0 unspecified atom stereocenters. The number of carbonyl (C=O) groups is 2. The molecular formula is C22H14FN3O3S2. The topological polar surface area (TPSA) is 72.3 Å². The van der Waals surface area contributed by atoms with E-state index in [1.165, 1.54) is 28.0 Å². The van der Waals surface area contributed by atoms with Crippen molar-refractivity contribution in [1.82, 2.24) is 14.5 Å². The molecule has 4 aromatic rings. The van der Waals surface area contributed by atoms with Crippen molar-refractivity contribution in [3.8, 4) is 11.1 Å². The fourth-order valence-electron chi connectivity index (χ4n) is 3.50. The second-order valence-corrected chi connectivity index (χ2v) is 8.72. The molecule has 5 rings (SSSR count). The summed E-state index contributed by atoms with van der Waals surface area (Å²) in [5.74, 6) is -1.00. The van der Waals surface area contributed by atoms with Crippen LogP contribution in [0.5, 0.6) is 0 Å². The van der Waals surface area contributed by atoms with Gasteiger partial charge < -0.3 is 0 Å². The molecule has 0 bridgehead atoms. The highest BCUT2D eigenvalue weighted by Crippen LogP contribution is 2.33. The minimum absolute atomic E-state index is 0.0499. The lowest BCUT2D eigenvalue weighted by Gasteiger charge is -2.14. The number of benzene rings is 2. The van der Waals surface area contributed by atoms with Gasteiger partial charge in [-0.1, -0.05) is 36.0 Å². The quantitative estimate of drug-likeness (QED) is 0.265. The van der Waals surface area contributed by atoms with E-state index < -0.39 is 0 Å². The summed E-state index contributed by atoms with van der Waals surface area (Å²) in [5, 5.41) is 2.69. The van der Waals surface area contributed by atoms with Crippen LogP contribution >= 0.6 is 23.1 Å². The summed E-state index contributed by atoms with van der Waals surface area (Å²) in [5.41, 5.74) is 1.96. The summed E-state index contributed by atoms with van der Waals surface area (Å²) in [6.45, 7) is 0. The van der Waals surface area contributed by atoms with Gasteiger partial charge in [0.2, 0.25) is 0 Å². The van der Waals surface area contributed by atoms with E-state index in [1.807, 2.05) is 5.38 Å². The minimum atomic E-state index is -0.353. The molecule has 2 aromatic carbocycles. The number of imide groups is 1. The van der Waals surface area contributed by atoms with E-state index in [9.17, 15) is 18.8 Å². The largest absolute Gasteiger partial charge is 0.290 e. The first-order valence-corrected chi connectivity index (χ1v) is 11.1. The van der Waals surface area contributed by atoms with E-state index in [1.54, 1.807) is 43.4 Å². The van der Waals surface area contributed by atoms with Crippen molar-refractivity contribution in [2.24, 2.45) is 7.05 Å². The van der Waals surface area contributed by atoms with Crippen LogP contribution in [0.4, 0.5) is 4.39 Å². The molecule has 0 saturated carbocycles. The van der Waals surface area contributed by atoms with E-state index in [0.717, 1.165) is 22.2 Å². The molecule has 1 aliphatic rings. The Hall–Kier alpha value is -3.30. The number of nitrogens with zero attached hydrogens (tertiary/aromatic N) is 3. The lowest BCUT2D eigenvalue weighted by Crippen LogP contribution is -2.30. The van der Waals surface area contributed by atoms with Crippen molar-refractivity contribution in [3.63, 3.8) is 0 Å². The first-order valence-electron chi connectivity index (χ1n) is 9.28. The van der Waals surface area contributed by atoms with Gasteiger partial charge in [0.15, 0.2) is 5.16 Å². The molecule has 2 amide bonds. The third kappa shape index (κ3) is 3.17. The standard InChI is InChI=1S/C22H14FN3O3S2/c1-25-21(29)17-16(12-6-8-13(23)9-7-12)10-30-18(17)24-22(25)31-11-26-19(27)14-4-2-3-5-15(14)20(26)28/h2-10H,11H2,1H3. The molecule has 2 aromatic heterocycles. The Kier molecular flexibility index (Phi) is 4.71. The normalized spacial score (nSPS) is 13.3. The zero-order valence-electron chi connectivity index (χ0n) is 16.2. The SMILES string of the molecule is Cn1c(SCN2C(=O)c3ccccc3C2=O)nc2scc(-c3ccc(F)cc3)c2c1=O. The van der Waals surface area contributed by atoms with Gasteiger partial charge >= 0.3 is 0 Å². The average molecular weight is 452 g/mol. The van der Waals surface area contributed by atoms with E-state index in [4.69, 9.17) is 0 Å². The molecule has 154 valence electrons. The van der Waals surface area contributed by atoms with E-state index in [2.05, 4.69) is 4.98 Å². The van der Waals surface area contributed by atoms with Gasteiger partial charge in [0.1, 0.15) is 10.6 Å². The molecule has 0 spiro atoms. The van der Waals surface area contributed by atoms with Crippen LogP contribution in [0.15, 0.2) is 63.9 Å². The Morgan fingerprint density at radius 2 is 1.61 bits per heavy atom. The Bertz CT molecular complexity index is 1390. The maximum Gasteiger partial charge on any atom is 0.263 e.